The molecule has 0 aromatic rings. The quantitative estimate of drug-likeness (QED) is 0.223. The summed E-state index contributed by atoms with van der Waals surface area (Å²) in [4.78, 5) is 62.2. The van der Waals surface area contributed by atoms with Crippen LogP contribution in [-0.2, 0) is 54.6 Å². The van der Waals surface area contributed by atoms with E-state index >= 15 is 0 Å². The third-order valence-electron chi connectivity index (χ3n) is 0. The van der Waals surface area contributed by atoms with Crippen molar-refractivity contribution in [3.63, 3.8) is 0 Å². The predicted molar refractivity (Wildman–Crippen MR) is 74.8 cm³/mol. The van der Waals surface area contributed by atoms with Gasteiger partial charge in [-0.3, -0.25) is 0 Å². The average Bonchev–Trinajstić information content (AvgIpc) is 2.20. The molecule has 0 amide bonds. The third-order valence-corrected chi connectivity index (χ3v) is 0. The van der Waals surface area contributed by atoms with Crippen molar-refractivity contribution in [1.82, 2.24) is 0 Å². The molecule has 0 radical (unpaired) electrons. The molecule has 16 heteroatoms. The zero-order valence-electron chi connectivity index (χ0n) is 17.6. The molecule has 0 aromatic carbocycles. The van der Waals surface area contributed by atoms with Gasteiger partial charge in [-0.05, 0) is 48.5 Å². The maximum absolute atomic E-state index is 8.89. The molecule has 0 aliphatic rings. The van der Waals surface area contributed by atoms with Crippen LogP contribution in [0, 0.1) is 0 Å². The smallest absolute Gasteiger partial charge is 0.550 e. The van der Waals surface area contributed by atoms with Crippen molar-refractivity contribution in [3.05, 3.63) is 0 Å². The molecule has 0 heterocycles. The van der Waals surface area contributed by atoms with Gasteiger partial charge in [0.05, 0.1) is 0 Å². The molecule has 14 nitrogen and oxygen atoms in total. The van der Waals surface area contributed by atoms with E-state index in [-0.39, 0.29) is 72.4 Å². The van der Waals surface area contributed by atoms with Crippen LogP contribution in [0.2, 0.25) is 0 Å². The number of carboxylic acid groups (broad SMARTS) is 7. The van der Waals surface area contributed by atoms with Crippen molar-refractivity contribution in [3.8, 4) is 0 Å². The van der Waals surface area contributed by atoms with E-state index in [4.69, 9.17) is 69.3 Å². The van der Waals surface area contributed by atoms with E-state index in [1.54, 1.807) is 0 Å². The van der Waals surface area contributed by atoms with Gasteiger partial charge < -0.3 is 69.3 Å². The summed E-state index contributed by atoms with van der Waals surface area (Å²) in [5.41, 5.74) is 0. The first-order valence-corrected chi connectivity index (χ1v) is 6.36. The SMILES string of the molecule is CC(=O)[O-].CC(=O)[O-].CC(=O)[O-].CC(=O)[O-].CC(=O)[O-].CC(=O)[O-].CC(=O)[O-].[K+].[W]. The van der Waals surface area contributed by atoms with Crippen LogP contribution >= 0.6 is 0 Å². The van der Waals surface area contributed by atoms with Gasteiger partial charge >= 0.3 is 51.4 Å². The van der Waals surface area contributed by atoms with Crippen molar-refractivity contribution in [2.24, 2.45) is 0 Å². The van der Waals surface area contributed by atoms with Crippen molar-refractivity contribution in [2.45, 2.75) is 48.5 Å². The van der Waals surface area contributed by atoms with E-state index in [0.29, 0.717) is 0 Å². The van der Waals surface area contributed by atoms with Gasteiger partial charge in [0.1, 0.15) is 0 Å². The molecular formula is C14H21KO14W-6. The Hall–Kier alpha value is -1.39. The Labute approximate surface area is 230 Å². The van der Waals surface area contributed by atoms with Gasteiger partial charge in [0, 0.05) is 62.9 Å². The van der Waals surface area contributed by atoms with Gasteiger partial charge in [-0.1, -0.05) is 0 Å². The van der Waals surface area contributed by atoms with Crippen molar-refractivity contribution in [1.29, 1.82) is 0 Å². The van der Waals surface area contributed by atoms with E-state index in [9.17, 15) is 0 Å². The van der Waals surface area contributed by atoms with Crippen molar-refractivity contribution >= 4 is 41.8 Å². The largest absolute Gasteiger partial charge is 1.00 e. The topological polar surface area (TPSA) is 281 Å². The summed E-state index contributed by atoms with van der Waals surface area (Å²) in [6.07, 6.45) is 0. The molecule has 0 bridgehead atoms. The fourth-order valence-corrected chi connectivity index (χ4v) is 0. The van der Waals surface area contributed by atoms with Gasteiger partial charge in [-0.25, -0.2) is 0 Å². The van der Waals surface area contributed by atoms with E-state index in [1.807, 2.05) is 0 Å². The first-order valence-electron chi connectivity index (χ1n) is 6.36. The first kappa shape index (κ1) is 56.7. The van der Waals surface area contributed by atoms with Crippen molar-refractivity contribution < 1.29 is 142 Å². The Bertz CT molecular complexity index is 320. The Morgan fingerprint density at radius 1 is 0.333 bits per heavy atom. The summed E-state index contributed by atoms with van der Waals surface area (Å²) in [7, 11) is 0. The minimum Gasteiger partial charge on any atom is -0.550 e. The summed E-state index contributed by atoms with van der Waals surface area (Å²) in [5, 5.41) is 62.2. The van der Waals surface area contributed by atoms with Crippen LogP contribution in [0.25, 0.3) is 0 Å². The monoisotopic (exact) mass is 636 g/mol. The van der Waals surface area contributed by atoms with Crippen LogP contribution in [0.15, 0.2) is 0 Å². The summed E-state index contributed by atoms with van der Waals surface area (Å²) in [6, 6.07) is 0. The molecule has 0 N–H and O–H groups in total. The molecule has 174 valence electrons. The van der Waals surface area contributed by atoms with Gasteiger partial charge in [0.2, 0.25) is 0 Å². The molecule has 0 saturated heterocycles. The number of carbonyl (C=O) groups excluding carboxylic acids is 7. The maximum Gasteiger partial charge on any atom is 1.00 e. The molecular weight excluding hydrogens is 615 g/mol. The molecule has 0 saturated carbocycles. The van der Waals surface area contributed by atoms with Crippen molar-refractivity contribution in [2.75, 3.05) is 0 Å². The Kier molecular flexibility index (Phi) is 96.1. The second-order valence-electron chi connectivity index (χ2n) is 3.44. The molecule has 0 fully saturated rings. The Morgan fingerprint density at radius 2 is 0.333 bits per heavy atom. The predicted octanol–water partition coefficient (Wildman–Crippen LogP) is -11.7. The van der Waals surface area contributed by atoms with Crippen LogP contribution in [0.5, 0.6) is 0 Å². The van der Waals surface area contributed by atoms with E-state index < -0.39 is 41.8 Å². The minimum absolute atomic E-state index is 0. The fourth-order valence-electron chi connectivity index (χ4n) is 0. The number of carboxylic acids is 7. The second-order valence-corrected chi connectivity index (χ2v) is 3.44. The van der Waals surface area contributed by atoms with Gasteiger partial charge in [0.25, 0.3) is 0 Å². The van der Waals surface area contributed by atoms with Gasteiger partial charge in [-0.15, -0.1) is 0 Å². The molecule has 0 atom stereocenters. The third kappa shape index (κ3) is 9100. The van der Waals surface area contributed by atoms with E-state index in [0.717, 1.165) is 48.5 Å². The van der Waals surface area contributed by atoms with Gasteiger partial charge in [0.15, 0.2) is 0 Å². The second kappa shape index (κ2) is 50.8. The molecule has 0 aromatic heterocycles. The Morgan fingerprint density at radius 3 is 0.333 bits per heavy atom. The standard InChI is InChI=1S/7C2H4O2.K.W/c7*1-2(3)4;;/h7*1H3,(H,3,4);;/q;;;;;;;+1;/p-7. The van der Waals surface area contributed by atoms with Crippen LogP contribution in [0.3, 0.4) is 0 Å². The number of aliphatic carboxylic acids is 7. The van der Waals surface area contributed by atoms with Crippen LogP contribution in [-0.4, -0.2) is 41.8 Å². The molecule has 0 spiro atoms. The van der Waals surface area contributed by atoms with E-state index in [1.165, 1.54) is 0 Å². The average molecular weight is 636 g/mol. The first-order chi connectivity index (χ1) is 12.1. The van der Waals surface area contributed by atoms with Gasteiger partial charge in [-0.2, -0.15) is 0 Å². The molecule has 0 unspecified atom stereocenters. The summed E-state index contributed by atoms with van der Waals surface area (Å²) >= 11 is 0. The zero-order valence-corrected chi connectivity index (χ0v) is 23.7. The normalized spacial score (nSPS) is 5.83. The molecule has 0 rings (SSSR count). The van der Waals surface area contributed by atoms with E-state index in [2.05, 4.69) is 0 Å². The molecule has 0 aliphatic carbocycles. The van der Waals surface area contributed by atoms with Crippen LogP contribution in [0.1, 0.15) is 48.5 Å². The van der Waals surface area contributed by atoms with Crippen LogP contribution < -0.4 is 87.1 Å². The maximum atomic E-state index is 8.89. The number of hydrogen-bond acceptors (Lipinski definition) is 14. The molecule has 30 heavy (non-hydrogen) atoms. The number of carbonyl (C=O) groups is 7. The van der Waals surface area contributed by atoms with Crippen LogP contribution in [0.4, 0.5) is 0 Å². The summed E-state index contributed by atoms with van der Waals surface area (Å²) < 4.78 is 0. The Balaban J connectivity index is -0.0000000242. The summed E-state index contributed by atoms with van der Waals surface area (Å²) in [5.74, 6) is -7.58. The summed E-state index contributed by atoms with van der Waals surface area (Å²) in [6.45, 7) is 6.81. The molecule has 0 aliphatic heterocycles. The minimum atomic E-state index is -1.08. The fraction of sp³-hybridized carbons (Fsp3) is 0.500. The number of hydrogen-bond donors (Lipinski definition) is 0. The zero-order chi connectivity index (χ0) is 25.0. The number of rotatable bonds is 0.